The molecular weight excluding hydrogens is 246 g/mol. The second-order valence-corrected chi connectivity index (χ2v) is 5.31. The first-order valence-electron chi connectivity index (χ1n) is 5.06. The smallest absolute Gasteiger partial charge is 0.319 e. The van der Waals surface area contributed by atoms with E-state index >= 15 is 0 Å². The van der Waals surface area contributed by atoms with E-state index in [4.69, 9.17) is 16.3 Å². The molecule has 1 fully saturated rings. The van der Waals surface area contributed by atoms with E-state index < -0.39 is 0 Å². The van der Waals surface area contributed by atoms with Crippen LogP contribution in [0.25, 0.3) is 0 Å². The number of thioether (sulfide) groups is 1. The fourth-order valence-corrected chi connectivity index (χ4v) is 2.70. The Morgan fingerprint density at radius 2 is 2.38 bits per heavy atom. The van der Waals surface area contributed by atoms with E-state index in [-0.39, 0.29) is 11.2 Å². The molecule has 0 saturated heterocycles. The van der Waals surface area contributed by atoms with E-state index in [0.29, 0.717) is 10.9 Å². The van der Waals surface area contributed by atoms with Crippen LogP contribution in [0.5, 0.6) is 0 Å². The first kappa shape index (κ1) is 11.7. The third-order valence-corrected chi connectivity index (χ3v) is 3.97. The van der Waals surface area contributed by atoms with Gasteiger partial charge in [-0.05, 0) is 30.9 Å². The number of hydrogen-bond acceptors (Lipinski definition) is 4. The molecule has 0 aliphatic heterocycles. The second-order valence-electron chi connectivity index (χ2n) is 3.71. The highest BCUT2D eigenvalue weighted by Crippen LogP contribution is 2.41. The van der Waals surface area contributed by atoms with E-state index in [1.165, 1.54) is 18.9 Å². The summed E-state index contributed by atoms with van der Waals surface area (Å²) in [6.07, 6.45) is 3.78. The number of hydrogen-bond donors (Lipinski definition) is 0. The van der Waals surface area contributed by atoms with Crippen molar-refractivity contribution in [3.8, 4) is 0 Å². The Morgan fingerprint density at radius 1 is 1.62 bits per heavy atom. The molecule has 1 saturated carbocycles. The van der Waals surface area contributed by atoms with Gasteiger partial charge in [-0.15, -0.1) is 0 Å². The molecule has 1 aliphatic carbocycles. The number of halogens is 1. The maximum atomic E-state index is 11.6. The van der Waals surface area contributed by atoms with Gasteiger partial charge in [0.25, 0.3) is 0 Å². The summed E-state index contributed by atoms with van der Waals surface area (Å²) in [4.78, 5) is 15.7. The van der Waals surface area contributed by atoms with Crippen molar-refractivity contribution in [2.45, 2.75) is 23.1 Å². The third kappa shape index (κ3) is 2.89. The summed E-state index contributed by atoms with van der Waals surface area (Å²) in [5.74, 6) is 0.277. The van der Waals surface area contributed by atoms with Crippen LogP contribution in [0.4, 0.5) is 0 Å². The fraction of sp³-hybridized carbons (Fsp3) is 0.455. The molecule has 0 N–H and O–H groups in total. The number of rotatable bonds is 4. The van der Waals surface area contributed by atoms with Crippen LogP contribution in [0.3, 0.4) is 0 Å². The molecule has 1 aromatic heterocycles. The molecule has 16 heavy (non-hydrogen) atoms. The van der Waals surface area contributed by atoms with Crippen molar-refractivity contribution >= 4 is 29.3 Å². The van der Waals surface area contributed by atoms with Gasteiger partial charge in [-0.1, -0.05) is 23.4 Å². The van der Waals surface area contributed by atoms with Crippen LogP contribution in [0.2, 0.25) is 5.02 Å². The van der Waals surface area contributed by atoms with Crippen LogP contribution in [0, 0.1) is 5.92 Å². The van der Waals surface area contributed by atoms with Crippen molar-refractivity contribution in [1.82, 2.24) is 4.98 Å². The number of carbonyl (C=O) groups excluding carboxylic acids is 1. The molecule has 1 aliphatic rings. The van der Waals surface area contributed by atoms with Gasteiger partial charge < -0.3 is 4.74 Å². The van der Waals surface area contributed by atoms with Gasteiger partial charge in [0.1, 0.15) is 5.25 Å². The fourth-order valence-electron chi connectivity index (χ4n) is 1.41. The molecule has 1 aromatic rings. The maximum Gasteiger partial charge on any atom is 0.319 e. The largest absolute Gasteiger partial charge is 0.468 e. The molecule has 86 valence electrons. The van der Waals surface area contributed by atoms with Crippen LogP contribution in [-0.2, 0) is 9.53 Å². The van der Waals surface area contributed by atoms with Gasteiger partial charge in [-0.2, -0.15) is 0 Å². The zero-order valence-electron chi connectivity index (χ0n) is 8.85. The van der Waals surface area contributed by atoms with Crippen LogP contribution >= 0.6 is 23.4 Å². The monoisotopic (exact) mass is 257 g/mol. The highest BCUT2D eigenvalue weighted by atomic mass is 35.5. The van der Waals surface area contributed by atoms with Crippen molar-refractivity contribution in [3.05, 3.63) is 23.4 Å². The summed E-state index contributed by atoms with van der Waals surface area (Å²) < 4.78 is 4.80. The molecule has 0 radical (unpaired) electrons. The minimum Gasteiger partial charge on any atom is -0.468 e. The van der Waals surface area contributed by atoms with Crippen molar-refractivity contribution in [3.63, 3.8) is 0 Å². The van der Waals surface area contributed by atoms with E-state index in [2.05, 4.69) is 4.98 Å². The minimum atomic E-state index is -0.163. The van der Waals surface area contributed by atoms with E-state index in [1.807, 2.05) is 6.07 Å². The number of aromatic nitrogens is 1. The Bertz CT molecular complexity index is 378. The lowest BCUT2D eigenvalue weighted by Gasteiger charge is -2.12. The second kappa shape index (κ2) is 5.06. The van der Waals surface area contributed by atoms with Gasteiger partial charge in [0.2, 0.25) is 0 Å². The average molecular weight is 258 g/mol. The SMILES string of the molecule is COC(=O)C(Sc1ccc(Cl)cn1)C1CC1. The standard InChI is InChI=1S/C11H12ClNO2S/c1-15-11(14)10(7-2-3-7)16-9-5-4-8(12)6-13-9/h4-7,10H,2-3H2,1H3. The van der Waals surface area contributed by atoms with Crippen molar-refractivity contribution in [2.24, 2.45) is 5.92 Å². The highest BCUT2D eigenvalue weighted by Gasteiger charge is 2.37. The van der Waals surface area contributed by atoms with Crippen molar-refractivity contribution in [1.29, 1.82) is 0 Å². The summed E-state index contributed by atoms with van der Waals surface area (Å²) in [6.45, 7) is 0. The lowest BCUT2D eigenvalue weighted by Crippen LogP contribution is -2.20. The van der Waals surface area contributed by atoms with E-state index in [0.717, 1.165) is 17.9 Å². The molecule has 1 unspecified atom stereocenters. The molecule has 0 aromatic carbocycles. The zero-order valence-corrected chi connectivity index (χ0v) is 10.4. The summed E-state index contributed by atoms with van der Waals surface area (Å²) in [5, 5.41) is 1.29. The Labute approximate surface area is 104 Å². The Kier molecular flexibility index (Phi) is 3.71. The van der Waals surface area contributed by atoms with Gasteiger partial charge in [0.15, 0.2) is 0 Å². The normalized spacial score (nSPS) is 16.9. The van der Waals surface area contributed by atoms with Gasteiger partial charge in [0.05, 0.1) is 17.2 Å². The predicted molar refractivity (Wildman–Crippen MR) is 63.6 cm³/mol. The lowest BCUT2D eigenvalue weighted by atomic mass is 10.3. The van der Waals surface area contributed by atoms with Crippen LogP contribution in [0.1, 0.15) is 12.8 Å². The summed E-state index contributed by atoms with van der Waals surface area (Å²) in [7, 11) is 1.42. The number of pyridine rings is 1. The van der Waals surface area contributed by atoms with E-state index in [9.17, 15) is 4.79 Å². The molecule has 2 rings (SSSR count). The summed E-state index contributed by atoms with van der Waals surface area (Å²) >= 11 is 7.21. The highest BCUT2D eigenvalue weighted by molar-refractivity contribution is 8.00. The molecule has 5 heteroatoms. The average Bonchev–Trinajstić information content (AvgIpc) is 3.11. The van der Waals surface area contributed by atoms with Gasteiger partial charge in [-0.25, -0.2) is 4.98 Å². The number of nitrogens with zero attached hydrogens (tertiary/aromatic N) is 1. The maximum absolute atomic E-state index is 11.6. The first-order chi connectivity index (χ1) is 7.70. The minimum absolute atomic E-state index is 0.126. The van der Waals surface area contributed by atoms with Crippen LogP contribution in [0.15, 0.2) is 23.4 Å². The zero-order chi connectivity index (χ0) is 11.5. The third-order valence-electron chi connectivity index (χ3n) is 2.43. The lowest BCUT2D eigenvalue weighted by molar-refractivity contribution is -0.140. The molecule has 0 spiro atoms. The molecule has 0 bridgehead atoms. The van der Waals surface area contributed by atoms with Gasteiger partial charge in [0, 0.05) is 6.20 Å². The molecule has 0 amide bonds. The molecule has 3 nitrogen and oxygen atoms in total. The Hall–Kier alpha value is -0.740. The van der Waals surface area contributed by atoms with Gasteiger partial charge >= 0.3 is 5.97 Å². The molecule has 1 atom stereocenters. The quantitative estimate of drug-likeness (QED) is 0.614. The number of methoxy groups -OCH3 is 1. The summed E-state index contributed by atoms with van der Waals surface area (Å²) in [6, 6.07) is 3.60. The van der Waals surface area contributed by atoms with Crippen LogP contribution < -0.4 is 0 Å². The number of carbonyl (C=O) groups is 1. The summed E-state index contributed by atoms with van der Waals surface area (Å²) in [5.41, 5.74) is 0. The predicted octanol–water partition coefficient (Wildman–Crippen LogP) is 2.78. The van der Waals surface area contributed by atoms with Crippen molar-refractivity contribution < 1.29 is 9.53 Å². The number of esters is 1. The van der Waals surface area contributed by atoms with Gasteiger partial charge in [-0.3, -0.25) is 4.79 Å². The Morgan fingerprint density at radius 3 is 2.88 bits per heavy atom. The molecular formula is C11H12ClNO2S. The van der Waals surface area contributed by atoms with E-state index in [1.54, 1.807) is 12.3 Å². The van der Waals surface area contributed by atoms with Crippen LogP contribution in [-0.4, -0.2) is 23.3 Å². The van der Waals surface area contributed by atoms with Crippen molar-refractivity contribution in [2.75, 3.05) is 7.11 Å². The molecule has 1 heterocycles. The topological polar surface area (TPSA) is 39.2 Å². The Balaban J connectivity index is 2.05. The number of ether oxygens (including phenoxy) is 1. The first-order valence-corrected chi connectivity index (χ1v) is 6.32.